The Bertz CT molecular complexity index is 895. The first kappa shape index (κ1) is 20.8. The average Bonchev–Trinajstić information content (AvgIpc) is 3.46. The van der Waals surface area contributed by atoms with Crippen LogP contribution in [0.3, 0.4) is 0 Å². The zero-order valence-corrected chi connectivity index (χ0v) is 18.2. The highest BCUT2D eigenvalue weighted by Crippen LogP contribution is 2.45. The van der Waals surface area contributed by atoms with Crippen molar-refractivity contribution in [3.63, 3.8) is 0 Å². The molecule has 2 heterocycles. The summed E-state index contributed by atoms with van der Waals surface area (Å²) in [5, 5.41) is 4.75. The van der Waals surface area contributed by atoms with E-state index in [-0.39, 0.29) is 24.1 Å². The molecule has 1 saturated heterocycles. The number of halogens is 4. The Labute approximate surface area is 181 Å². The summed E-state index contributed by atoms with van der Waals surface area (Å²) in [7, 11) is 0. The van der Waals surface area contributed by atoms with Crippen LogP contribution in [-0.2, 0) is 17.9 Å². The van der Waals surface area contributed by atoms with Crippen molar-refractivity contribution in [2.75, 3.05) is 26.2 Å². The van der Waals surface area contributed by atoms with E-state index in [9.17, 15) is 13.6 Å². The summed E-state index contributed by atoms with van der Waals surface area (Å²) in [5.41, 5.74) is 1.60. The number of alkyl halides is 2. The number of carbonyl (C=O) groups is 1. The average molecular weight is 488 g/mol. The van der Waals surface area contributed by atoms with Crippen LogP contribution in [-0.4, -0.2) is 51.7 Å². The summed E-state index contributed by atoms with van der Waals surface area (Å²) < 4.78 is 28.3. The maximum atomic E-state index is 13.2. The maximum absolute atomic E-state index is 13.2. The van der Waals surface area contributed by atoms with E-state index in [2.05, 4.69) is 25.9 Å². The van der Waals surface area contributed by atoms with E-state index < -0.39 is 6.43 Å². The smallest absolute Gasteiger partial charge is 0.283 e. The van der Waals surface area contributed by atoms with Crippen LogP contribution in [0.2, 0.25) is 5.02 Å². The lowest BCUT2D eigenvalue weighted by atomic mass is 10.2. The number of rotatable bonds is 6. The summed E-state index contributed by atoms with van der Waals surface area (Å²) in [6.07, 6.45) is -0.764. The summed E-state index contributed by atoms with van der Waals surface area (Å²) in [6.45, 7) is 3.55. The first-order valence-electron chi connectivity index (χ1n) is 9.71. The molecular weight excluding hydrogens is 466 g/mol. The van der Waals surface area contributed by atoms with Crippen molar-refractivity contribution in [3.05, 3.63) is 50.7 Å². The van der Waals surface area contributed by atoms with Gasteiger partial charge in [0.1, 0.15) is 12.2 Å². The Morgan fingerprint density at radius 1 is 1.24 bits per heavy atom. The predicted octanol–water partition coefficient (Wildman–Crippen LogP) is 4.46. The molecule has 1 amide bonds. The second-order valence-electron chi connectivity index (χ2n) is 7.60. The number of nitrogens with zero attached hydrogens (tertiary/aromatic N) is 4. The minimum atomic E-state index is -2.66. The van der Waals surface area contributed by atoms with Gasteiger partial charge in [-0.15, -0.1) is 0 Å². The molecule has 1 aliphatic carbocycles. The minimum absolute atomic E-state index is 0.00540. The lowest BCUT2D eigenvalue weighted by Gasteiger charge is -2.34. The molecule has 1 aliphatic heterocycles. The van der Waals surface area contributed by atoms with Crippen molar-refractivity contribution in [2.45, 2.75) is 38.3 Å². The summed E-state index contributed by atoms with van der Waals surface area (Å²) in [6, 6.07) is 7.78. The fourth-order valence-electron chi connectivity index (χ4n) is 3.76. The largest absolute Gasteiger partial charge is 0.339 e. The van der Waals surface area contributed by atoms with Crippen LogP contribution in [0.4, 0.5) is 8.78 Å². The van der Waals surface area contributed by atoms with Crippen molar-refractivity contribution in [1.29, 1.82) is 0 Å². The highest BCUT2D eigenvalue weighted by atomic mass is 79.9. The van der Waals surface area contributed by atoms with Gasteiger partial charge >= 0.3 is 0 Å². The van der Waals surface area contributed by atoms with Gasteiger partial charge < -0.3 is 4.90 Å². The maximum Gasteiger partial charge on any atom is 0.283 e. The van der Waals surface area contributed by atoms with Crippen molar-refractivity contribution >= 4 is 33.4 Å². The fourth-order valence-corrected chi connectivity index (χ4v) is 4.75. The monoisotopic (exact) mass is 486 g/mol. The van der Waals surface area contributed by atoms with E-state index in [1.807, 2.05) is 24.3 Å². The fraction of sp³-hybridized carbons (Fsp3) is 0.500. The number of hydrogen-bond acceptors (Lipinski definition) is 3. The quantitative estimate of drug-likeness (QED) is 0.604. The number of hydrogen-bond donors (Lipinski definition) is 0. The van der Waals surface area contributed by atoms with Gasteiger partial charge in [-0.05, 0) is 46.5 Å². The van der Waals surface area contributed by atoms with Gasteiger partial charge in [-0.3, -0.25) is 14.4 Å². The Morgan fingerprint density at radius 2 is 1.97 bits per heavy atom. The number of benzene rings is 1. The van der Waals surface area contributed by atoms with Gasteiger partial charge in [0.25, 0.3) is 6.43 Å². The van der Waals surface area contributed by atoms with Crippen LogP contribution >= 0.6 is 27.5 Å². The van der Waals surface area contributed by atoms with Crippen LogP contribution in [0, 0.1) is 0 Å². The minimum Gasteiger partial charge on any atom is -0.339 e. The molecule has 9 heteroatoms. The van der Waals surface area contributed by atoms with Crippen molar-refractivity contribution in [2.24, 2.45) is 0 Å². The predicted molar refractivity (Wildman–Crippen MR) is 110 cm³/mol. The molecule has 29 heavy (non-hydrogen) atoms. The van der Waals surface area contributed by atoms with Gasteiger partial charge in [0, 0.05) is 43.7 Å². The molecule has 2 aromatic rings. The zero-order valence-electron chi connectivity index (χ0n) is 15.8. The van der Waals surface area contributed by atoms with Crippen LogP contribution < -0.4 is 0 Å². The molecular formula is C20H22BrClF2N4O. The number of amides is 1. The van der Waals surface area contributed by atoms with Gasteiger partial charge in [-0.2, -0.15) is 5.10 Å². The second-order valence-corrected chi connectivity index (χ2v) is 8.83. The van der Waals surface area contributed by atoms with E-state index in [4.69, 9.17) is 11.6 Å². The third kappa shape index (κ3) is 4.81. The van der Waals surface area contributed by atoms with Gasteiger partial charge in [-0.1, -0.05) is 23.7 Å². The van der Waals surface area contributed by atoms with Crippen LogP contribution in [0.5, 0.6) is 0 Å². The lowest BCUT2D eigenvalue weighted by Crippen LogP contribution is -2.49. The molecule has 1 saturated carbocycles. The molecule has 0 atom stereocenters. The van der Waals surface area contributed by atoms with E-state index in [1.165, 1.54) is 4.68 Å². The lowest BCUT2D eigenvalue weighted by molar-refractivity contribution is -0.133. The summed E-state index contributed by atoms with van der Waals surface area (Å²) in [5.74, 6) is 0.136. The normalized spacial score (nSPS) is 17.9. The van der Waals surface area contributed by atoms with Crippen LogP contribution in [0.25, 0.3) is 0 Å². The summed E-state index contributed by atoms with van der Waals surface area (Å²) >= 11 is 9.32. The molecule has 5 nitrogen and oxygen atoms in total. The SMILES string of the molecule is O=C(Cn1nc(C(F)F)c(Br)c1C1CC1)N1CCN(Cc2cccc(Cl)c2)CC1. The zero-order chi connectivity index (χ0) is 20.5. The third-order valence-electron chi connectivity index (χ3n) is 5.43. The van der Waals surface area contributed by atoms with E-state index >= 15 is 0 Å². The number of aromatic nitrogens is 2. The van der Waals surface area contributed by atoms with Crippen LogP contribution in [0.1, 0.15) is 42.1 Å². The van der Waals surface area contributed by atoms with Gasteiger partial charge in [0.2, 0.25) is 5.91 Å². The van der Waals surface area contributed by atoms with Crippen molar-refractivity contribution in [1.82, 2.24) is 19.6 Å². The highest BCUT2D eigenvalue weighted by molar-refractivity contribution is 9.10. The molecule has 0 unspecified atom stereocenters. The molecule has 2 fully saturated rings. The van der Waals surface area contributed by atoms with Gasteiger partial charge in [0.05, 0.1) is 10.2 Å². The molecule has 0 radical (unpaired) electrons. The first-order chi connectivity index (χ1) is 13.9. The van der Waals surface area contributed by atoms with E-state index in [0.717, 1.165) is 48.8 Å². The Kier molecular flexibility index (Phi) is 6.22. The first-order valence-corrected chi connectivity index (χ1v) is 10.9. The Morgan fingerprint density at radius 3 is 2.59 bits per heavy atom. The molecule has 156 valence electrons. The van der Waals surface area contributed by atoms with E-state index in [1.54, 1.807) is 4.90 Å². The molecule has 0 bridgehead atoms. The summed E-state index contributed by atoms with van der Waals surface area (Å²) in [4.78, 5) is 16.9. The van der Waals surface area contributed by atoms with Crippen LogP contribution in [0.15, 0.2) is 28.7 Å². The molecule has 0 N–H and O–H groups in total. The third-order valence-corrected chi connectivity index (χ3v) is 6.48. The van der Waals surface area contributed by atoms with Crippen molar-refractivity contribution < 1.29 is 13.6 Å². The topological polar surface area (TPSA) is 41.4 Å². The molecule has 0 spiro atoms. The van der Waals surface area contributed by atoms with Gasteiger partial charge in [0.15, 0.2) is 0 Å². The number of carbonyl (C=O) groups excluding carboxylic acids is 1. The molecule has 1 aromatic carbocycles. The Balaban J connectivity index is 1.36. The highest BCUT2D eigenvalue weighted by Gasteiger charge is 2.34. The number of piperazine rings is 1. The Hall–Kier alpha value is -1.51. The molecule has 1 aromatic heterocycles. The van der Waals surface area contributed by atoms with Gasteiger partial charge in [-0.25, -0.2) is 8.78 Å². The van der Waals surface area contributed by atoms with Crippen molar-refractivity contribution in [3.8, 4) is 0 Å². The van der Waals surface area contributed by atoms with E-state index in [0.29, 0.717) is 17.6 Å². The second kappa shape index (κ2) is 8.70. The molecule has 2 aliphatic rings. The standard InChI is InChI=1S/C20H22BrClF2N4O/c21-17-18(20(23)24)25-28(19(17)14-4-5-14)12-16(29)27-8-6-26(7-9-27)11-13-2-1-3-15(22)10-13/h1-3,10,14,20H,4-9,11-12H2. The molecule has 4 rings (SSSR count).